The molecule has 0 spiro atoms. The fraction of sp³-hybridized carbons (Fsp3) is 0.167. The third-order valence-electron chi connectivity index (χ3n) is 2.22. The van der Waals surface area contributed by atoms with Crippen molar-refractivity contribution in [2.45, 2.75) is 6.92 Å². The molecule has 0 aliphatic rings. The van der Waals surface area contributed by atoms with Gasteiger partial charge in [-0.25, -0.2) is 9.37 Å². The minimum atomic E-state index is -0.465. The highest BCUT2D eigenvalue weighted by Crippen LogP contribution is 2.07. The predicted molar refractivity (Wildman–Crippen MR) is 68.3 cm³/mol. The van der Waals surface area contributed by atoms with Crippen molar-refractivity contribution in [1.82, 2.24) is 15.2 Å². The van der Waals surface area contributed by atoms with Gasteiger partial charge in [0.15, 0.2) is 5.69 Å². The Hall–Kier alpha value is -2.57. The van der Waals surface area contributed by atoms with Gasteiger partial charge in [-0.15, -0.1) is 10.2 Å². The van der Waals surface area contributed by atoms with Gasteiger partial charge in [-0.3, -0.25) is 4.79 Å². The summed E-state index contributed by atoms with van der Waals surface area (Å²) in [7, 11) is 0. The Morgan fingerprint density at radius 3 is 2.58 bits per heavy atom. The van der Waals surface area contributed by atoms with Crippen molar-refractivity contribution in [3.8, 4) is 0 Å². The van der Waals surface area contributed by atoms with E-state index in [1.54, 1.807) is 12.1 Å². The van der Waals surface area contributed by atoms with Crippen molar-refractivity contribution in [2.75, 3.05) is 17.2 Å². The highest BCUT2D eigenvalue weighted by molar-refractivity contribution is 6.02. The lowest BCUT2D eigenvalue weighted by molar-refractivity contribution is 0.102. The molecule has 98 valence electrons. The number of pyridine rings is 1. The molecule has 0 radical (unpaired) electrons. The van der Waals surface area contributed by atoms with Gasteiger partial charge in [0.25, 0.3) is 5.91 Å². The van der Waals surface area contributed by atoms with Gasteiger partial charge in [0.1, 0.15) is 17.5 Å². The molecular formula is C12H12FN5O. The molecule has 0 saturated carbocycles. The zero-order valence-corrected chi connectivity index (χ0v) is 10.2. The topological polar surface area (TPSA) is 79.8 Å². The van der Waals surface area contributed by atoms with Crippen molar-refractivity contribution in [3.05, 3.63) is 42.0 Å². The van der Waals surface area contributed by atoms with Crippen LogP contribution in [0.5, 0.6) is 0 Å². The Morgan fingerprint density at radius 2 is 2.00 bits per heavy atom. The normalized spacial score (nSPS) is 10.0. The summed E-state index contributed by atoms with van der Waals surface area (Å²) in [5.41, 5.74) is 0.160. The zero-order chi connectivity index (χ0) is 13.7. The smallest absolute Gasteiger partial charge is 0.277 e. The van der Waals surface area contributed by atoms with Crippen LogP contribution in [0.4, 0.5) is 16.0 Å². The van der Waals surface area contributed by atoms with E-state index in [1.165, 1.54) is 12.1 Å². The number of carbonyl (C=O) groups excluding carboxylic acids is 1. The van der Waals surface area contributed by atoms with Gasteiger partial charge in [0.05, 0.1) is 6.20 Å². The molecule has 2 rings (SSSR count). The average Bonchev–Trinajstić information content (AvgIpc) is 2.42. The van der Waals surface area contributed by atoms with Crippen LogP contribution in [0, 0.1) is 5.82 Å². The molecule has 0 fully saturated rings. The second-order valence-electron chi connectivity index (χ2n) is 3.65. The summed E-state index contributed by atoms with van der Waals surface area (Å²) in [5.74, 6) is -0.0645. The van der Waals surface area contributed by atoms with Gasteiger partial charge < -0.3 is 10.6 Å². The van der Waals surface area contributed by atoms with E-state index in [4.69, 9.17) is 0 Å². The predicted octanol–water partition coefficient (Wildman–Crippen LogP) is 1.69. The number of aromatic nitrogens is 3. The number of nitrogens with zero attached hydrogens (tertiary/aromatic N) is 3. The minimum Gasteiger partial charge on any atom is -0.369 e. The lowest BCUT2D eigenvalue weighted by atomic mass is 10.3. The largest absolute Gasteiger partial charge is 0.369 e. The van der Waals surface area contributed by atoms with Gasteiger partial charge in [-0.2, -0.15) is 0 Å². The van der Waals surface area contributed by atoms with Crippen molar-refractivity contribution >= 4 is 17.5 Å². The minimum absolute atomic E-state index is 0.160. The molecule has 2 aromatic rings. The molecule has 0 unspecified atom stereocenters. The zero-order valence-electron chi connectivity index (χ0n) is 10.2. The fourth-order valence-corrected chi connectivity index (χ4v) is 1.36. The van der Waals surface area contributed by atoms with Crippen LogP contribution in [-0.2, 0) is 0 Å². The van der Waals surface area contributed by atoms with Gasteiger partial charge in [-0.1, -0.05) is 0 Å². The van der Waals surface area contributed by atoms with Crippen LogP contribution in [0.2, 0.25) is 0 Å². The van der Waals surface area contributed by atoms with Gasteiger partial charge in [-0.05, 0) is 31.2 Å². The lowest BCUT2D eigenvalue weighted by Crippen LogP contribution is -2.15. The van der Waals surface area contributed by atoms with Crippen molar-refractivity contribution in [3.63, 3.8) is 0 Å². The maximum atomic E-state index is 12.7. The van der Waals surface area contributed by atoms with Gasteiger partial charge in [0, 0.05) is 6.54 Å². The summed E-state index contributed by atoms with van der Waals surface area (Å²) in [4.78, 5) is 15.5. The van der Waals surface area contributed by atoms with E-state index in [2.05, 4.69) is 25.8 Å². The summed E-state index contributed by atoms with van der Waals surface area (Å²) in [6.45, 7) is 2.65. The maximum absolute atomic E-state index is 12.7. The average molecular weight is 261 g/mol. The summed E-state index contributed by atoms with van der Waals surface area (Å²) in [6, 6.07) is 5.78. The number of rotatable bonds is 4. The molecule has 1 amide bonds. The third-order valence-corrected chi connectivity index (χ3v) is 2.22. The number of anilines is 2. The van der Waals surface area contributed by atoms with Crippen molar-refractivity contribution < 1.29 is 9.18 Å². The van der Waals surface area contributed by atoms with Crippen LogP contribution in [0.15, 0.2) is 30.5 Å². The van der Waals surface area contributed by atoms with Crippen LogP contribution < -0.4 is 10.6 Å². The first-order valence-electron chi connectivity index (χ1n) is 5.69. The SMILES string of the molecule is CCNc1ccc(C(=O)Nc2ccc(F)cn2)nn1. The Balaban J connectivity index is 2.05. The van der Waals surface area contributed by atoms with E-state index in [9.17, 15) is 9.18 Å². The lowest BCUT2D eigenvalue weighted by Gasteiger charge is -2.04. The second kappa shape index (κ2) is 5.85. The molecule has 0 aromatic carbocycles. The Labute approximate surface area is 109 Å². The summed E-state index contributed by atoms with van der Waals surface area (Å²) in [6.07, 6.45) is 1.02. The molecule has 2 aromatic heterocycles. The molecule has 0 aliphatic carbocycles. The van der Waals surface area contributed by atoms with E-state index < -0.39 is 11.7 Å². The van der Waals surface area contributed by atoms with E-state index in [0.29, 0.717) is 5.82 Å². The summed E-state index contributed by atoms with van der Waals surface area (Å²) >= 11 is 0. The van der Waals surface area contributed by atoms with Crippen LogP contribution in [0.3, 0.4) is 0 Å². The summed E-state index contributed by atoms with van der Waals surface area (Å²) < 4.78 is 12.7. The second-order valence-corrected chi connectivity index (χ2v) is 3.65. The number of amides is 1. The van der Waals surface area contributed by atoms with E-state index >= 15 is 0 Å². The van der Waals surface area contributed by atoms with Crippen LogP contribution in [0.25, 0.3) is 0 Å². The highest BCUT2D eigenvalue weighted by Gasteiger charge is 2.09. The van der Waals surface area contributed by atoms with Crippen molar-refractivity contribution in [1.29, 1.82) is 0 Å². The Kier molecular flexibility index (Phi) is 3.97. The maximum Gasteiger partial charge on any atom is 0.277 e. The first-order valence-corrected chi connectivity index (χ1v) is 5.69. The molecule has 7 heteroatoms. The molecule has 19 heavy (non-hydrogen) atoms. The molecule has 0 bridgehead atoms. The monoisotopic (exact) mass is 261 g/mol. The highest BCUT2D eigenvalue weighted by atomic mass is 19.1. The van der Waals surface area contributed by atoms with E-state index in [-0.39, 0.29) is 11.5 Å². The first kappa shape index (κ1) is 12.9. The van der Waals surface area contributed by atoms with Crippen LogP contribution >= 0.6 is 0 Å². The quantitative estimate of drug-likeness (QED) is 0.875. The van der Waals surface area contributed by atoms with E-state index in [1.807, 2.05) is 6.92 Å². The Morgan fingerprint density at radius 1 is 1.21 bits per heavy atom. The van der Waals surface area contributed by atoms with Crippen LogP contribution in [-0.4, -0.2) is 27.6 Å². The van der Waals surface area contributed by atoms with Crippen molar-refractivity contribution in [2.24, 2.45) is 0 Å². The van der Waals surface area contributed by atoms with Crippen LogP contribution in [0.1, 0.15) is 17.4 Å². The number of hydrogen-bond donors (Lipinski definition) is 2. The van der Waals surface area contributed by atoms with Gasteiger partial charge >= 0.3 is 0 Å². The number of hydrogen-bond acceptors (Lipinski definition) is 5. The molecule has 2 heterocycles. The number of carbonyl (C=O) groups is 1. The first-order chi connectivity index (χ1) is 9.19. The van der Waals surface area contributed by atoms with E-state index in [0.717, 1.165) is 12.7 Å². The fourth-order valence-electron chi connectivity index (χ4n) is 1.36. The number of halogens is 1. The molecule has 0 aliphatic heterocycles. The Bertz CT molecular complexity index is 555. The standard InChI is InChI=1S/C12H12FN5O/c1-2-14-11-6-4-9(17-18-11)12(19)16-10-5-3-8(13)7-15-10/h3-7H,2H2,1H3,(H,14,18)(H,15,16,19). The molecule has 6 nitrogen and oxygen atoms in total. The summed E-state index contributed by atoms with van der Waals surface area (Å²) in [5, 5.41) is 13.1. The third kappa shape index (κ3) is 3.44. The molecule has 2 N–H and O–H groups in total. The molecule has 0 saturated heterocycles. The molecular weight excluding hydrogens is 249 g/mol. The van der Waals surface area contributed by atoms with Gasteiger partial charge in [0.2, 0.25) is 0 Å². The molecule has 0 atom stereocenters. The number of nitrogens with one attached hydrogen (secondary N) is 2.